The Morgan fingerprint density at radius 3 is 1.67 bits per heavy atom. The maximum Gasteiger partial charge on any atom is 0.407 e. The Morgan fingerprint density at radius 1 is 0.571 bits per heavy atom. The third-order valence-corrected chi connectivity index (χ3v) is 18.7. The zero-order chi connectivity index (χ0) is 86.6. The van der Waals surface area contributed by atoms with Crippen molar-refractivity contribution in [3.8, 4) is 29.8 Å². The number of nitrogens with two attached hydrogens (primary N) is 1. The molecule has 9 aromatic carbocycles. The number of fused-ring (bicyclic) bond motifs is 5. The van der Waals surface area contributed by atoms with E-state index >= 15 is 0 Å². The van der Waals surface area contributed by atoms with Crippen LogP contribution in [0.25, 0.3) is 0 Å². The van der Waals surface area contributed by atoms with Crippen molar-refractivity contribution >= 4 is 41.2 Å². The molecule has 5 atom stereocenters. The number of nitriles is 1. The summed E-state index contributed by atoms with van der Waals surface area (Å²) < 4.78 is 116. The summed E-state index contributed by atoms with van der Waals surface area (Å²) in [6.45, 7) is 7.48. The van der Waals surface area contributed by atoms with E-state index in [1.807, 2.05) is 37.3 Å². The number of esters is 2. The van der Waals surface area contributed by atoms with E-state index in [-0.39, 0.29) is 69.9 Å². The number of primary amides is 1. The number of hydrogen-bond donors (Lipinski definition) is 2. The molecule has 3 N–H and O–H groups in total. The number of nitrogens with zero attached hydrogens (tertiary/aromatic N) is 4. The second-order valence-corrected chi connectivity index (χ2v) is 27.0. The van der Waals surface area contributed by atoms with Gasteiger partial charge in [-0.15, -0.1) is 0 Å². The minimum atomic E-state index is -0.866. The number of aromatic nitrogens is 2. The third-order valence-electron chi connectivity index (χ3n) is 18.7. The molecule has 25 heteroatoms. The molecule has 17 nitrogen and oxygen atoms in total. The number of hydrogen-bond acceptors (Lipinski definition) is 14. The van der Waals surface area contributed by atoms with Gasteiger partial charge in [0.05, 0.1) is 49.0 Å². The molecule has 610 valence electrons. The molecule has 2 fully saturated rings. The average molecular weight is 1620 g/mol. The summed E-state index contributed by atoms with van der Waals surface area (Å²) in [4.78, 5) is 86.2. The van der Waals surface area contributed by atoms with Crippen LogP contribution >= 0.6 is 0 Å². The Hall–Kier alpha value is -14.3. The summed E-state index contributed by atoms with van der Waals surface area (Å²) in [6.07, 6.45) is 8.85. The standard InChI is InChI=1S/C18H21FO.C14H9FN2O.C14H7FN2.C13H16FNO4.C13H9FO.C8H7FO2.C7H6FNO2.C7H7F/c1-18-9-8-14-13-5-3-12(19)10-11(13)2-4-15(14)16(18)6-7-17(18)20;15-12-8-10(7-11(9-12)14(16)18)4-5-13-3-1-2-6-17-13;15-13-8-11(7-12(9-13)10-16)4-5-14-3-1-2-6-17-14;1-3-19-13(17)15-11(12(16)18-2)8-9-4-6-10(14)7-5-9;14-12-8-6-11(7-9-12)13(15)10-4-2-1-3-5-10;1-11-8(10)6-3-2-4-7(9)5-6;1-5-2-3-6(9(10)11)4-7(5)8;1-6-3-2-4-7(8)5-6/h3,5,10,14-16H,2,4,6-9H2,1H3;1-3,6-9H,(H2,16,18);1-3,6-9H;4-7,11H,3,8H2,1-2H3,(H,15,17);1-9H;2-5H,1H3;2-4H,1H3;2-5H,1H3/t14-,15-,16+,18+;;;11-;;;;/m1..0..../s1/i19-1;2*15-1;2*14-1;9-1;2*8-1. The highest BCUT2D eigenvalue weighted by Crippen LogP contribution is 2.59. The molecular formula is C94H82F8N6O11. The van der Waals surface area contributed by atoms with Gasteiger partial charge in [0.1, 0.15) is 69.8 Å². The number of nitrogens with one attached hydrogen (secondary N) is 1. The van der Waals surface area contributed by atoms with Crippen LogP contribution in [0.5, 0.6) is 0 Å². The van der Waals surface area contributed by atoms with E-state index < -0.39 is 58.2 Å². The number of carbonyl (C=O) groups excluding carboxylic acids is 6. The molecule has 2 amide bonds. The van der Waals surface area contributed by atoms with Crippen LogP contribution in [-0.4, -0.2) is 77.3 Å². The van der Waals surface area contributed by atoms with Crippen molar-refractivity contribution in [2.24, 2.45) is 23.0 Å². The lowest BCUT2D eigenvalue weighted by atomic mass is 9.55. The SMILES string of the molecule is CCOC(=O)N[C@@H](Cc1ccc([18F])cc1)C(=O)OC.COC(=O)c1cccc([18F])c1.C[C@]12CC[C@@H]3c4ccc([18F])cc4CC[C@H]3[C@@H]1CCC2=O.Cc1ccc([N+](=O)[O-])cc1[18F].Cc1cccc([18F])c1.N#Cc1cc([18F])cc(C#Cc2ccccn2)c1.NC(=O)c1cc([18F])cc(C#Cc2ccccn2)c1.O=C(c1ccccc1)c1ccc([18F])cc1. The molecule has 0 saturated heterocycles. The number of aryl methyl sites for hydroxylation is 3. The maximum absolute atomic E-state index is 13.4. The zero-order valence-electron chi connectivity index (χ0n) is 65.5. The van der Waals surface area contributed by atoms with E-state index in [1.165, 1.54) is 141 Å². The molecule has 0 radical (unpaired) electrons. The van der Waals surface area contributed by atoms with Crippen LogP contribution in [0.2, 0.25) is 0 Å². The smallest absolute Gasteiger partial charge is 0.407 e. The van der Waals surface area contributed by atoms with Crippen molar-refractivity contribution in [3.05, 3.63) is 384 Å². The molecule has 0 aliphatic heterocycles. The highest BCUT2D eigenvalue weighted by Gasteiger charge is 2.54. The number of nitro groups is 1. The molecule has 0 unspecified atom stereocenters. The number of non-ortho nitro benzene ring substituents is 1. The van der Waals surface area contributed by atoms with Crippen LogP contribution in [0.3, 0.4) is 0 Å². The van der Waals surface area contributed by atoms with Gasteiger partial charge in [0, 0.05) is 64.5 Å². The Labute approximate surface area is 683 Å². The summed E-state index contributed by atoms with van der Waals surface area (Å²) in [5.74, 6) is 8.49. The summed E-state index contributed by atoms with van der Waals surface area (Å²) >= 11 is 0. The number of nitro benzene ring substituents is 1. The summed E-state index contributed by atoms with van der Waals surface area (Å²) in [6, 6.07) is 60.4. The number of benzene rings is 9. The van der Waals surface area contributed by atoms with Gasteiger partial charge in [0.25, 0.3) is 5.69 Å². The van der Waals surface area contributed by atoms with Gasteiger partial charge in [-0.25, -0.2) is 59.5 Å². The lowest BCUT2D eigenvalue weighted by molar-refractivity contribution is -0.385. The highest BCUT2D eigenvalue weighted by molar-refractivity contribution is 6.09. The van der Waals surface area contributed by atoms with Gasteiger partial charge in [-0.2, -0.15) is 5.26 Å². The predicted octanol–water partition coefficient (Wildman–Crippen LogP) is 19.0. The molecule has 14 rings (SSSR count). The number of Topliss-reactive ketones (excluding diaryl/α,β-unsaturated/α-hetero) is 1. The second-order valence-electron chi connectivity index (χ2n) is 27.0. The summed E-state index contributed by atoms with van der Waals surface area (Å²) in [5, 5.41) is 21.2. The zero-order valence-corrected chi connectivity index (χ0v) is 65.5. The minimum absolute atomic E-state index is 0.0568. The van der Waals surface area contributed by atoms with Crippen LogP contribution in [0.15, 0.2) is 249 Å². The van der Waals surface area contributed by atoms with Crippen LogP contribution in [-0.2, 0) is 36.6 Å². The molecule has 2 aromatic heterocycles. The van der Waals surface area contributed by atoms with Crippen molar-refractivity contribution < 1.29 is 83.0 Å². The van der Waals surface area contributed by atoms with E-state index in [4.69, 9.17) is 15.7 Å². The normalized spacial score (nSPS) is 14.7. The number of amides is 2. The van der Waals surface area contributed by atoms with E-state index in [9.17, 15) is 74.0 Å². The van der Waals surface area contributed by atoms with Gasteiger partial charge >= 0.3 is 18.0 Å². The van der Waals surface area contributed by atoms with Crippen molar-refractivity contribution in [1.29, 1.82) is 5.26 Å². The number of carbonyl (C=O) groups is 6. The molecule has 3 aliphatic carbocycles. The molecular weight excluding hydrogens is 1530 g/mol. The Morgan fingerprint density at radius 2 is 1.13 bits per heavy atom. The monoisotopic (exact) mass is 1610 g/mol. The van der Waals surface area contributed by atoms with E-state index in [1.54, 1.807) is 105 Å². The van der Waals surface area contributed by atoms with E-state index in [0.717, 1.165) is 62.3 Å². The lowest BCUT2D eigenvalue weighted by Gasteiger charge is -2.48. The summed E-state index contributed by atoms with van der Waals surface area (Å²) in [7, 11) is 2.49. The highest BCUT2D eigenvalue weighted by atomic mass is 18.2. The Bertz CT molecular complexity index is 5470. The van der Waals surface area contributed by atoms with E-state index in [0.29, 0.717) is 68.3 Å². The third kappa shape index (κ3) is 29.5. The van der Waals surface area contributed by atoms with Gasteiger partial charge in [-0.3, -0.25) is 24.5 Å². The summed E-state index contributed by atoms with van der Waals surface area (Å²) in [5.41, 5.74) is 13.2. The number of ketones is 2. The van der Waals surface area contributed by atoms with Crippen molar-refractivity contribution in [3.63, 3.8) is 0 Å². The molecule has 119 heavy (non-hydrogen) atoms. The van der Waals surface area contributed by atoms with Crippen LogP contribution in [0.4, 0.5) is 45.6 Å². The van der Waals surface area contributed by atoms with Crippen LogP contribution in [0, 0.1) is 123 Å². The predicted molar refractivity (Wildman–Crippen MR) is 431 cm³/mol. The van der Waals surface area contributed by atoms with Crippen molar-refractivity contribution in [2.45, 2.75) is 84.6 Å². The number of pyridine rings is 2. The first-order valence-corrected chi connectivity index (χ1v) is 37.1. The van der Waals surface area contributed by atoms with Gasteiger partial charge in [0.2, 0.25) is 5.91 Å². The fraction of sp³-hybridized carbons (Fsp3) is 0.202. The number of methoxy groups -OCH3 is 2. The molecule has 2 saturated carbocycles. The van der Waals surface area contributed by atoms with Crippen LogP contribution < -0.4 is 11.1 Å². The van der Waals surface area contributed by atoms with E-state index in [2.05, 4.69) is 55.4 Å². The topological polar surface area (TPSA) is 261 Å². The molecule has 0 bridgehead atoms. The lowest BCUT2D eigenvalue weighted by Crippen LogP contribution is -2.43. The first-order valence-electron chi connectivity index (χ1n) is 37.1. The molecule has 11 aromatic rings. The fourth-order valence-electron chi connectivity index (χ4n) is 12.9. The van der Waals surface area contributed by atoms with Crippen LogP contribution in [0.1, 0.15) is 144 Å². The van der Waals surface area contributed by atoms with Gasteiger partial charge in [-0.05, 0) is 256 Å². The number of ether oxygens (including phenoxy) is 3. The van der Waals surface area contributed by atoms with Gasteiger partial charge in [0.15, 0.2) is 5.78 Å². The molecule has 0 spiro atoms. The quantitative estimate of drug-likeness (QED) is 0.0245. The van der Waals surface area contributed by atoms with Gasteiger partial charge in [-0.1, -0.05) is 97.6 Å². The number of rotatable bonds is 10. The van der Waals surface area contributed by atoms with Gasteiger partial charge < -0.3 is 25.3 Å². The Kier molecular flexibility index (Phi) is 35.8. The average Bonchev–Trinajstić information content (AvgIpc) is 1.65. The maximum atomic E-state index is 13.4. The first-order chi connectivity index (χ1) is 57.0. The molecule has 3 aliphatic rings. The number of alkyl carbamates (subject to hydrolysis) is 1. The van der Waals surface area contributed by atoms with Crippen molar-refractivity contribution in [1.82, 2.24) is 15.3 Å². The molecule has 2 heterocycles. The first kappa shape index (κ1) is 91.9. The Balaban J connectivity index is 0.000000190. The van der Waals surface area contributed by atoms with Crippen molar-refractivity contribution in [2.75, 3.05) is 20.8 Å². The fourth-order valence-corrected chi connectivity index (χ4v) is 12.9. The minimum Gasteiger partial charge on any atom is -0.467 e. The second kappa shape index (κ2) is 46.3. The number of halogens is 8. The largest absolute Gasteiger partial charge is 0.467 e.